The number of urea groups is 1. The molecule has 0 bridgehead atoms. The molecule has 0 saturated carbocycles. The molecule has 0 radical (unpaired) electrons. The summed E-state index contributed by atoms with van der Waals surface area (Å²) in [6.45, 7) is 8.02. The molecule has 2 amide bonds. The minimum Gasteiger partial charge on any atom is -0.490 e. The van der Waals surface area contributed by atoms with Crippen LogP contribution in [-0.2, 0) is 4.79 Å². The SMILES string of the molecule is CCCOc1cc(Cl)c([C@H]2NC(=O)NC(C)=C2C(C)=O)cc1OCC. The monoisotopic (exact) mass is 366 g/mol. The number of allylic oxidation sites excluding steroid dienone is 1. The number of hydrogen-bond acceptors (Lipinski definition) is 4. The average molecular weight is 367 g/mol. The molecule has 0 fully saturated rings. The number of ketones is 1. The van der Waals surface area contributed by atoms with Crippen LogP contribution in [0.25, 0.3) is 0 Å². The largest absolute Gasteiger partial charge is 0.490 e. The normalized spacial score (nSPS) is 17.0. The summed E-state index contributed by atoms with van der Waals surface area (Å²) in [6, 6.07) is 2.37. The summed E-state index contributed by atoms with van der Waals surface area (Å²) in [5.74, 6) is 0.932. The second-order valence-corrected chi connectivity index (χ2v) is 6.14. The van der Waals surface area contributed by atoms with E-state index < -0.39 is 6.04 Å². The second kappa shape index (κ2) is 8.25. The van der Waals surface area contributed by atoms with E-state index in [9.17, 15) is 9.59 Å². The van der Waals surface area contributed by atoms with Crippen molar-refractivity contribution in [3.8, 4) is 11.5 Å². The van der Waals surface area contributed by atoms with Gasteiger partial charge in [0.1, 0.15) is 0 Å². The maximum atomic E-state index is 12.1. The summed E-state index contributed by atoms with van der Waals surface area (Å²) >= 11 is 6.44. The van der Waals surface area contributed by atoms with E-state index in [-0.39, 0.29) is 11.8 Å². The first kappa shape index (κ1) is 19.1. The van der Waals surface area contributed by atoms with Crippen molar-refractivity contribution in [2.24, 2.45) is 0 Å². The van der Waals surface area contributed by atoms with Crippen molar-refractivity contribution in [2.75, 3.05) is 13.2 Å². The number of amides is 2. The lowest BCUT2D eigenvalue weighted by Crippen LogP contribution is -2.44. The number of carbonyl (C=O) groups is 2. The summed E-state index contributed by atoms with van der Waals surface area (Å²) in [5.41, 5.74) is 1.57. The molecule has 0 spiro atoms. The van der Waals surface area contributed by atoms with Gasteiger partial charge in [-0.15, -0.1) is 0 Å². The van der Waals surface area contributed by atoms with E-state index in [1.165, 1.54) is 6.92 Å². The van der Waals surface area contributed by atoms with Crippen molar-refractivity contribution in [1.29, 1.82) is 0 Å². The van der Waals surface area contributed by atoms with Crippen LogP contribution in [0.15, 0.2) is 23.4 Å². The average Bonchev–Trinajstić information content (AvgIpc) is 2.53. The molecule has 1 aromatic carbocycles. The van der Waals surface area contributed by atoms with E-state index >= 15 is 0 Å². The Morgan fingerprint density at radius 2 is 1.92 bits per heavy atom. The molecule has 0 unspecified atom stereocenters. The van der Waals surface area contributed by atoms with E-state index in [1.807, 2.05) is 13.8 Å². The van der Waals surface area contributed by atoms with Gasteiger partial charge in [0.2, 0.25) is 0 Å². The van der Waals surface area contributed by atoms with Crippen molar-refractivity contribution in [3.05, 3.63) is 34.0 Å². The highest BCUT2D eigenvalue weighted by Gasteiger charge is 2.31. The van der Waals surface area contributed by atoms with Gasteiger partial charge in [0.15, 0.2) is 17.3 Å². The van der Waals surface area contributed by atoms with E-state index in [1.54, 1.807) is 19.1 Å². The van der Waals surface area contributed by atoms with E-state index in [0.29, 0.717) is 46.6 Å². The van der Waals surface area contributed by atoms with E-state index in [2.05, 4.69) is 10.6 Å². The number of hydrogen-bond donors (Lipinski definition) is 2. The highest BCUT2D eigenvalue weighted by atomic mass is 35.5. The van der Waals surface area contributed by atoms with E-state index in [0.717, 1.165) is 6.42 Å². The molecule has 6 nitrogen and oxygen atoms in total. The summed E-state index contributed by atoms with van der Waals surface area (Å²) in [5, 5.41) is 5.77. The fraction of sp³-hybridized carbons (Fsp3) is 0.444. The predicted octanol–water partition coefficient (Wildman–Crippen LogP) is 3.74. The fourth-order valence-corrected chi connectivity index (χ4v) is 3.02. The Kier molecular flexibility index (Phi) is 6.31. The fourth-order valence-electron chi connectivity index (χ4n) is 2.76. The first-order valence-electron chi connectivity index (χ1n) is 8.27. The Labute approximate surface area is 152 Å². The maximum Gasteiger partial charge on any atom is 0.319 e. The number of Topliss-reactive ketones (excluding diaryl/α,β-unsaturated/α-hetero) is 1. The van der Waals surface area contributed by atoms with Crippen molar-refractivity contribution >= 4 is 23.4 Å². The van der Waals surface area contributed by atoms with Gasteiger partial charge in [-0.25, -0.2) is 4.79 Å². The molecule has 2 N–H and O–H groups in total. The summed E-state index contributed by atoms with van der Waals surface area (Å²) in [7, 11) is 0. The number of carbonyl (C=O) groups excluding carboxylic acids is 2. The summed E-state index contributed by atoms with van der Waals surface area (Å²) in [6.07, 6.45) is 0.853. The first-order chi connectivity index (χ1) is 11.9. The van der Waals surface area contributed by atoms with Gasteiger partial charge < -0.3 is 20.1 Å². The molecule has 7 heteroatoms. The molecule has 1 aliphatic rings. The zero-order chi connectivity index (χ0) is 18.6. The van der Waals surface area contributed by atoms with Crippen LogP contribution in [0.2, 0.25) is 5.02 Å². The highest BCUT2D eigenvalue weighted by Crippen LogP contribution is 2.39. The van der Waals surface area contributed by atoms with Crippen LogP contribution < -0.4 is 20.1 Å². The van der Waals surface area contributed by atoms with Crippen LogP contribution in [-0.4, -0.2) is 25.0 Å². The number of benzene rings is 1. The molecule has 2 rings (SSSR count). The van der Waals surface area contributed by atoms with Gasteiger partial charge in [-0.2, -0.15) is 0 Å². The van der Waals surface area contributed by atoms with Crippen LogP contribution in [0, 0.1) is 0 Å². The van der Waals surface area contributed by atoms with Gasteiger partial charge in [0, 0.05) is 22.9 Å². The predicted molar refractivity (Wildman–Crippen MR) is 96.2 cm³/mol. The van der Waals surface area contributed by atoms with Crippen LogP contribution in [0.3, 0.4) is 0 Å². The minimum atomic E-state index is -0.641. The standard InChI is InChI=1S/C18H23ClN2O4/c1-5-7-25-15-9-13(19)12(8-14(15)24-6-2)17-16(11(4)22)10(3)20-18(23)21-17/h8-9,17H,5-7H2,1-4H3,(H2,20,21,23)/t17-/m1/s1. The highest BCUT2D eigenvalue weighted by molar-refractivity contribution is 6.31. The van der Waals surface area contributed by atoms with Crippen LogP contribution in [0.1, 0.15) is 45.7 Å². The smallest absolute Gasteiger partial charge is 0.319 e. The second-order valence-electron chi connectivity index (χ2n) is 5.73. The van der Waals surface area contributed by atoms with Gasteiger partial charge in [-0.1, -0.05) is 18.5 Å². The molecule has 25 heavy (non-hydrogen) atoms. The number of ether oxygens (including phenoxy) is 2. The third kappa shape index (κ3) is 4.25. The van der Waals surface area contributed by atoms with Crippen LogP contribution in [0.4, 0.5) is 4.79 Å². The number of nitrogens with one attached hydrogen (secondary N) is 2. The van der Waals surface area contributed by atoms with Crippen LogP contribution in [0.5, 0.6) is 11.5 Å². The number of rotatable bonds is 7. The van der Waals surface area contributed by atoms with Crippen LogP contribution >= 0.6 is 11.6 Å². The molecular formula is C18H23ClN2O4. The zero-order valence-electron chi connectivity index (χ0n) is 14.9. The molecule has 0 aromatic heterocycles. The van der Waals surface area contributed by atoms with Gasteiger partial charge in [-0.05, 0) is 33.3 Å². The third-order valence-electron chi connectivity index (χ3n) is 3.78. The Balaban J connectivity index is 2.53. The number of halogens is 1. The summed E-state index contributed by atoms with van der Waals surface area (Å²) < 4.78 is 11.3. The lowest BCUT2D eigenvalue weighted by atomic mass is 9.92. The lowest BCUT2D eigenvalue weighted by Gasteiger charge is -2.29. The van der Waals surface area contributed by atoms with Gasteiger partial charge in [0.05, 0.1) is 24.3 Å². The zero-order valence-corrected chi connectivity index (χ0v) is 15.6. The Bertz CT molecular complexity index is 715. The molecule has 1 heterocycles. The van der Waals surface area contributed by atoms with Crippen molar-refractivity contribution in [1.82, 2.24) is 10.6 Å². The van der Waals surface area contributed by atoms with E-state index in [4.69, 9.17) is 21.1 Å². The summed E-state index contributed by atoms with van der Waals surface area (Å²) in [4.78, 5) is 24.0. The minimum absolute atomic E-state index is 0.143. The molecule has 0 aliphatic carbocycles. The lowest BCUT2D eigenvalue weighted by molar-refractivity contribution is -0.114. The maximum absolute atomic E-state index is 12.1. The topological polar surface area (TPSA) is 76.7 Å². The molecular weight excluding hydrogens is 344 g/mol. The Morgan fingerprint density at radius 1 is 1.24 bits per heavy atom. The molecule has 1 atom stereocenters. The van der Waals surface area contributed by atoms with Gasteiger partial charge in [0.25, 0.3) is 0 Å². The Morgan fingerprint density at radius 3 is 2.52 bits per heavy atom. The third-order valence-corrected chi connectivity index (χ3v) is 4.11. The quantitative estimate of drug-likeness (QED) is 0.770. The van der Waals surface area contributed by atoms with Gasteiger partial charge in [-0.3, -0.25) is 4.79 Å². The van der Waals surface area contributed by atoms with Crippen molar-refractivity contribution in [3.63, 3.8) is 0 Å². The molecule has 136 valence electrons. The van der Waals surface area contributed by atoms with Gasteiger partial charge >= 0.3 is 6.03 Å². The first-order valence-corrected chi connectivity index (χ1v) is 8.65. The molecule has 0 saturated heterocycles. The van der Waals surface area contributed by atoms with Crippen molar-refractivity contribution in [2.45, 2.75) is 40.2 Å². The molecule has 1 aromatic rings. The molecule has 1 aliphatic heterocycles. The Hall–Kier alpha value is -2.21. The van der Waals surface area contributed by atoms with Crippen molar-refractivity contribution < 1.29 is 19.1 Å².